The van der Waals surface area contributed by atoms with Gasteiger partial charge in [0.15, 0.2) is 0 Å². The zero-order valence-corrected chi connectivity index (χ0v) is 18.0. The van der Waals surface area contributed by atoms with Crippen molar-refractivity contribution < 1.29 is 19.2 Å². The average Bonchev–Trinajstić information content (AvgIpc) is 3.10. The number of carbonyl (C=O) groups is 2. The van der Waals surface area contributed by atoms with Gasteiger partial charge in [-0.05, 0) is 44.7 Å². The third-order valence-electron chi connectivity index (χ3n) is 5.87. The molecule has 1 fully saturated rings. The quantitative estimate of drug-likeness (QED) is 0.634. The van der Waals surface area contributed by atoms with Crippen molar-refractivity contribution in [3.8, 4) is 0 Å². The van der Waals surface area contributed by atoms with E-state index in [1.54, 1.807) is 23.6 Å². The number of pyridine rings is 1. The molecule has 1 saturated carbocycles. The normalized spacial score (nSPS) is 18.9. The Labute approximate surface area is 182 Å². The van der Waals surface area contributed by atoms with Crippen LogP contribution in [0.4, 0.5) is 4.79 Å². The second-order valence-corrected chi connectivity index (χ2v) is 8.40. The van der Waals surface area contributed by atoms with Crippen LogP contribution < -0.4 is 10.9 Å². The second-order valence-electron chi connectivity index (χ2n) is 7.99. The fourth-order valence-electron chi connectivity index (χ4n) is 4.42. The highest BCUT2D eigenvalue weighted by Gasteiger charge is 2.29. The van der Waals surface area contributed by atoms with Gasteiger partial charge in [-0.25, -0.2) is 4.79 Å². The third kappa shape index (κ3) is 3.85. The van der Waals surface area contributed by atoms with Gasteiger partial charge in [0.05, 0.1) is 10.5 Å². The molecule has 0 aliphatic heterocycles. The van der Waals surface area contributed by atoms with Crippen LogP contribution in [0.1, 0.15) is 37.5 Å². The molecular weight excluding hydrogens is 424 g/mol. The molecular formula is C21H23ClN4O5. The van der Waals surface area contributed by atoms with E-state index in [1.165, 1.54) is 7.05 Å². The number of hydrogen-bond donors (Lipinski definition) is 2. The number of aromatic nitrogens is 2. The lowest BCUT2D eigenvalue weighted by Crippen LogP contribution is -2.45. The summed E-state index contributed by atoms with van der Waals surface area (Å²) in [6.07, 6.45) is 1.75. The first kappa shape index (κ1) is 21.2. The molecule has 0 bridgehead atoms. The van der Waals surface area contributed by atoms with Crippen LogP contribution in [-0.4, -0.2) is 51.4 Å². The van der Waals surface area contributed by atoms with E-state index in [0.717, 1.165) is 24.2 Å². The maximum absolute atomic E-state index is 13.4. The van der Waals surface area contributed by atoms with Gasteiger partial charge in [0.1, 0.15) is 23.2 Å². The molecule has 0 spiro atoms. The van der Waals surface area contributed by atoms with Crippen molar-refractivity contribution in [3.63, 3.8) is 0 Å². The molecule has 31 heavy (non-hydrogen) atoms. The van der Waals surface area contributed by atoms with Gasteiger partial charge in [-0.2, -0.15) is 0 Å². The van der Waals surface area contributed by atoms with Gasteiger partial charge in [0.25, 0.3) is 5.56 Å². The summed E-state index contributed by atoms with van der Waals surface area (Å²) >= 11 is 6.47. The molecule has 1 aliphatic rings. The van der Waals surface area contributed by atoms with Gasteiger partial charge in [0, 0.05) is 24.5 Å². The molecule has 0 saturated heterocycles. The average molecular weight is 447 g/mol. The zero-order valence-electron chi connectivity index (χ0n) is 17.2. The Morgan fingerprint density at radius 3 is 2.87 bits per heavy atom. The van der Waals surface area contributed by atoms with Gasteiger partial charge in [0.2, 0.25) is 5.91 Å². The van der Waals surface area contributed by atoms with Gasteiger partial charge >= 0.3 is 6.09 Å². The minimum absolute atomic E-state index is 0.150. The summed E-state index contributed by atoms with van der Waals surface area (Å²) in [4.78, 5) is 37.6. The maximum Gasteiger partial charge on any atom is 0.407 e. The Balaban J connectivity index is 1.70. The van der Waals surface area contributed by atoms with Crippen molar-refractivity contribution in [2.75, 3.05) is 13.6 Å². The van der Waals surface area contributed by atoms with Gasteiger partial charge in [-0.3, -0.25) is 9.59 Å². The number of carbonyl (C=O) groups excluding carboxylic acids is 1. The van der Waals surface area contributed by atoms with Crippen LogP contribution in [0.25, 0.3) is 21.8 Å². The van der Waals surface area contributed by atoms with E-state index >= 15 is 0 Å². The predicted octanol–water partition coefficient (Wildman–Crippen LogP) is 3.31. The maximum atomic E-state index is 13.4. The highest BCUT2D eigenvalue weighted by atomic mass is 35.5. The molecule has 1 aliphatic carbocycles. The van der Waals surface area contributed by atoms with Gasteiger partial charge in [-0.15, -0.1) is 0 Å². The number of fused-ring (bicyclic) bond motifs is 3. The molecule has 3 aromatic rings. The first-order valence-electron chi connectivity index (χ1n) is 10.1. The van der Waals surface area contributed by atoms with Crippen molar-refractivity contribution in [1.82, 2.24) is 19.9 Å². The van der Waals surface area contributed by atoms with E-state index in [1.807, 2.05) is 6.07 Å². The summed E-state index contributed by atoms with van der Waals surface area (Å²) in [6.45, 7) is 1.47. The number of rotatable bonds is 4. The Morgan fingerprint density at radius 1 is 1.35 bits per heavy atom. The van der Waals surface area contributed by atoms with Crippen molar-refractivity contribution >= 4 is 45.4 Å². The van der Waals surface area contributed by atoms with Crippen LogP contribution in [-0.2, 0) is 4.79 Å². The Hall–Kier alpha value is -3.07. The van der Waals surface area contributed by atoms with E-state index in [4.69, 9.17) is 21.2 Å². The van der Waals surface area contributed by atoms with Crippen molar-refractivity contribution in [1.29, 1.82) is 0 Å². The number of carboxylic acid groups (broad SMARTS) is 1. The van der Waals surface area contributed by atoms with E-state index in [-0.39, 0.29) is 30.1 Å². The molecule has 2 amide bonds. The molecule has 2 unspecified atom stereocenters. The molecule has 10 heteroatoms. The molecule has 2 aromatic heterocycles. The van der Waals surface area contributed by atoms with Gasteiger partial charge < -0.3 is 24.4 Å². The van der Waals surface area contributed by atoms with E-state index in [2.05, 4.69) is 10.5 Å². The number of hydrogen-bond acceptors (Lipinski definition) is 5. The first-order valence-corrected chi connectivity index (χ1v) is 10.5. The minimum atomic E-state index is -1.16. The van der Waals surface area contributed by atoms with Crippen LogP contribution in [0, 0.1) is 6.92 Å². The number of likely N-dealkylation sites (N-methyl/N-ethyl adjacent to an activating group) is 1. The SMILES string of the molecule is Cc1onc2c1c(=O)n(C1CCCC(NC(=O)CN(C)C(=O)O)C1)c1cccc(Cl)c21. The number of halogens is 1. The number of aryl methyl sites for hydroxylation is 1. The van der Waals surface area contributed by atoms with Crippen LogP contribution in [0.2, 0.25) is 5.02 Å². The van der Waals surface area contributed by atoms with Crippen molar-refractivity contribution in [3.05, 3.63) is 39.3 Å². The molecule has 0 radical (unpaired) electrons. The predicted molar refractivity (Wildman–Crippen MR) is 116 cm³/mol. The fraction of sp³-hybridized carbons (Fsp3) is 0.429. The number of amides is 2. The lowest BCUT2D eigenvalue weighted by atomic mass is 9.90. The Kier molecular flexibility index (Phi) is 5.62. The van der Waals surface area contributed by atoms with Gasteiger partial charge in [-0.1, -0.05) is 22.8 Å². The van der Waals surface area contributed by atoms with Crippen LogP contribution in [0.3, 0.4) is 0 Å². The molecule has 4 rings (SSSR count). The minimum Gasteiger partial charge on any atom is -0.465 e. The summed E-state index contributed by atoms with van der Waals surface area (Å²) < 4.78 is 7.05. The standard InChI is InChI=1S/C21H23ClN4O5/c1-11-17-19(24-31-11)18-14(22)7-4-8-15(18)26(20(17)28)13-6-3-5-12(9-13)23-16(27)10-25(2)21(29)30/h4,7-8,12-13H,3,5-6,9-10H2,1-2H3,(H,23,27)(H,29,30). The van der Waals surface area contributed by atoms with Crippen LogP contribution in [0.15, 0.2) is 27.5 Å². The number of nitrogens with one attached hydrogen (secondary N) is 1. The highest BCUT2D eigenvalue weighted by Crippen LogP contribution is 2.35. The van der Waals surface area contributed by atoms with E-state index in [0.29, 0.717) is 39.0 Å². The smallest absolute Gasteiger partial charge is 0.407 e. The summed E-state index contributed by atoms with van der Waals surface area (Å²) in [7, 11) is 1.34. The Bertz CT molecular complexity index is 1230. The van der Waals surface area contributed by atoms with Crippen LogP contribution >= 0.6 is 11.6 Å². The number of benzene rings is 1. The van der Waals surface area contributed by atoms with Crippen molar-refractivity contribution in [2.24, 2.45) is 0 Å². The zero-order chi connectivity index (χ0) is 22.3. The van der Waals surface area contributed by atoms with E-state index in [9.17, 15) is 14.4 Å². The highest BCUT2D eigenvalue weighted by molar-refractivity contribution is 6.37. The monoisotopic (exact) mass is 446 g/mol. The van der Waals surface area contributed by atoms with E-state index < -0.39 is 6.09 Å². The third-order valence-corrected chi connectivity index (χ3v) is 6.18. The Morgan fingerprint density at radius 2 is 2.13 bits per heavy atom. The summed E-state index contributed by atoms with van der Waals surface area (Å²) in [5.74, 6) is 0.0778. The molecule has 1 aromatic carbocycles. The summed E-state index contributed by atoms with van der Waals surface area (Å²) in [5, 5.41) is 17.5. The molecule has 9 nitrogen and oxygen atoms in total. The summed E-state index contributed by atoms with van der Waals surface area (Å²) in [5.41, 5.74) is 0.948. The first-order chi connectivity index (χ1) is 14.8. The summed E-state index contributed by atoms with van der Waals surface area (Å²) in [6, 6.07) is 5.09. The topological polar surface area (TPSA) is 118 Å². The number of nitrogens with zero attached hydrogens (tertiary/aromatic N) is 3. The van der Waals surface area contributed by atoms with Crippen molar-refractivity contribution in [2.45, 2.75) is 44.7 Å². The lowest BCUT2D eigenvalue weighted by Gasteiger charge is -2.32. The lowest BCUT2D eigenvalue weighted by molar-refractivity contribution is -0.122. The second kappa shape index (κ2) is 8.22. The molecule has 2 heterocycles. The largest absolute Gasteiger partial charge is 0.465 e. The van der Waals surface area contributed by atoms with Crippen LogP contribution in [0.5, 0.6) is 0 Å². The molecule has 2 N–H and O–H groups in total. The molecule has 2 atom stereocenters. The fourth-order valence-corrected chi connectivity index (χ4v) is 4.68. The molecule has 164 valence electrons.